The van der Waals surface area contributed by atoms with Gasteiger partial charge in [0.05, 0.1) is 17.3 Å². The van der Waals surface area contributed by atoms with Crippen molar-refractivity contribution < 1.29 is 4.79 Å². The molecule has 1 aromatic rings. The maximum Gasteiger partial charge on any atom is 0.265 e. The number of hydrogen-bond donors (Lipinski definition) is 0. The molecule has 4 nitrogen and oxygen atoms in total. The predicted molar refractivity (Wildman–Crippen MR) is 73.8 cm³/mol. The van der Waals surface area contributed by atoms with Crippen LogP contribution in [0.2, 0.25) is 0 Å². The quantitative estimate of drug-likeness (QED) is 0.834. The highest BCUT2D eigenvalue weighted by atomic mass is 32.2. The fourth-order valence-electron chi connectivity index (χ4n) is 2.08. The van der Waals surface area contributed by atoms with Crippen molar-refractivity contribution in [3.63, 3.8) is 0 Å². The second-order valence-electron chi connectivity index (χ2n) is 4.37. The van der Waals surface area contributed by atoms with E-state index in [-0.39, 0.29) is 10.7 Å². The van der Waals surface area contributed by atoms with Crippen LogP contribution in [0.25, 0.3) is 0 Å². The zero-order chi connectivity index (χ0) is 13.2. The summed E-state index contributed by atoms with van der Waals surface area (Å²) in [5, 5.41) is 9.21. The van der Waals surface area contributed by atoms with Crippen LogP contribution in [0.1, 0.15) is 28.2 Å². The van der Waals surface area contributed by atoms with Crippen LogP contribution in [0, 0.1) is 18.3 Å². The van der Waals surface area contributed by atoms with Crippen LogP contribution in [-0.2, 0) is 0 Å². The SMILES string of the molecule is CSC1(C#N)CCN(C(=O)c2scnc2C)CC1. The highest BCUT2D eigenvalue weighted by Crippen LogP contribution is 2.34. The number of carbonyl (C=O) groups excluding carboxylic acids is 1. The largest absolute Gasteiger partial charge is 0.338 e. The molecular formula is C12H15N3OS2. The number of hydrogen-bond acceptors (Lipinski definition) is 5. The number of rotatable bonds is 2. The van der Waals surface area contributed by atoms with Crippen LogP contribution in [0.3, 0.4) is 0 Å². The highest BCUT2D eigenvalue weighted by Gasteiger charge is 2.36. The first-order valence-corrected chi connectivity index (χ1v) is 7.88. The number of carbonyl (C=O) groups is 1. The Bertz CT molecular complexity index is 484. The lowest BCUT2D eigenvalue weighted by Crippen LogP contribution is -2.44. The summed E-state index contributed by atoms with van der Waals surface area (Å²) in [6.45, 7) is 3.17. The number of aromatic nitrogens is 1. The summed E-state index contributed by atoms with van der Waals surface area (Å²) in [4.78, 5) is 18.9. The topological polar surface area (TPSA) is 57.0 Å². The lowest BCUT2D eigenvalue weighted by atomic mass is 9.97. The Balaban J connectivity index is 2.05. The second kappa shape index (κ2) is 5.29. The van der Waals surface area contributed by atoms with E-state index < -0.39 is 0 Å². The number of thioether (sulfide) groups is 1. The van der Waals surface area contributed by atoms with Crippen molar-refractivity contribution in [3.8, 4) is 6.07 Å². The number of piperidine rings is 1. The Morgan fingerprint density at radius 1 is 1.61 bits per heavy atom. The molecule has 1 aliphatic rings. The lowest BCUT2D eigenvalue weighted by Gasteiger charge is -2.36. The van der Waals surface area contributed by atoms with Crippen LogP contribution in [0.4, 0.5) is 0 Å². The Morgan fingerprint density at radius 3 is 2.72 bits per heavy atom. The fraction of sp³-hybridized carbons (Fsp3) is 0.583. The average Bonchev–Trinajstić information content (AvgIpc) is 2.84. The van der Waals surface area contributed by atoms with Gasteiger partial charge in [-0.25, -0.2) is 4.98 Å². The van der Waals surface area contributed by atoms with Crippen molar-refractivity contribution in [3.05, 3.63) is 16.1 Å². The Morgan fingerprint density at radius 2 is 2.28 bits per heavy atom. The summed E-state index contributed by atoms with van der Waals surface area (Å²) >= 11 is 2.99. The van der Waals surface area contributed by atoms with Crippen LogP contribution in [0.5, 0.6) is 0 Å². The number of thiazole rings is 1. The second-order valence-corrected chi connectivity index (χ2v) is 6.41. The number of likely N-dealkylation sites (tertiary alicyclic amines) is 1. The van der Waals surface area contributed by atoms with Gasteiger partial charge in [-0.1, -0.05) is 0 Å². The normalized spacial score (nSPS) is 18.4. The molecule has 1 amide bonds. The summed E-state index contributed by atoms with van der Waals surface area (Å²) < 4.78 is -0.306. The first-order valence-electron chi connectivity index (χ1n) is 5.77. The van der Waals surface area contributed by atoms with E-state index in [0.717, 1.165) is 23.4 Å². The summed E-state index contributed by atoms with van der Waals surface area (Å²) in [5.74, 6) is 0.0580. The van der Waals surface area contributed by atoms with Gasteiger partial charge in [-0.05, 0) is 26.0 Å². The van der Waals surface area contributed by atoms with Crippen molar-refractivity contribution in [2.75, 3.05) is 19.3 Å². The molecule has 6 heteroatoms. The molecule has 0 aromatic carbocycles. The Hall–Kier alpha value is -1.06. The van der Waals surface area contributed by atoms with Crippen molar-refractivity contribution in [1.29, 1.82) is 5.26 Å². The van der Waals surface area contributed by atoms with E-state index in [2.05, 4.69) is 11.1 Å². The summed E-state index contributed by atoms with van der Waals surface area (Å²) in [6.07, 6.45) is 3.45. The molecule has 18 heavy (non-hydrogen) atoms. The van der Waals surface area contributed by atoms with Crippen molar-refractivity contribution in [2.24, 2.45) is 0 Å². The molecule has 0 radical (unpaired) electrons. The molecule has 2 heterocycles. The third-order valence-electron chi connectivity index (χ3n) is 3.39. The summed E-state index contributed by atoms with van der Waals surface area (Å²) in [5.41, 5.74) is 2.50. The molecule has 0 atom stereocenters. The smallest absolute Gasteiger partial charge is 0.265 e. The van der Waals surface area contributed by atoms with Gasteiger partial charge in [0.25, 0.3) is 5.91 Å². The van der Waals surface area contributed by atoms with Gasteiger partial charge < -0.3 is 4.90 Å². The zero-order valence-corrected chi connectivity index (χ0v) is 12.1. The van der Waals surface area contributed by atoms with Crippen LogP contribution < -0.4 is 0 Å². The monoisotopic (exact) mass is 281 g/mol. The molecule has 2 rings (SSSR count). The average molecular weight is 281 g/mol. The van der Waals surface area contributed by atoms with Gasteiger partial charge in [-0.3, -0.25) is 4.79 Å². The first kappa shape index (κ1) is 13.4. The molecule has 0 bridgehead atoms. The van der Waals surface area contributed by atoms with E-state index in [1.54, 1.807) is 17.3 Å². The molecule has 1 saturated heterocycles. The first-order chi connectivity index (χ1) is 8.62. The number of aryl methyl sites for hydroxylation is 1. The van der Waals surface area contributed by atoms with Gasteiger partial charge in [0.15, 0.2) is 0 Å². The molecule has 1 aliphatic heterocycles. The maximum atomic E-state index is 12.3. The molecule has 1 fully saturated rings. The number of amides is 1. The van der Waals surface area contributed by atoms with Crippen molar-refractivity contribution >= 4 is 29.0 Å². The van der Waals surface area contributed by atoms with Crippen LogP contribution in [0.15, 0.2) is 5.51 Å². The van der Waals surface area contributed by atoms with E-state index in [0.29, 0.717) is 13.1 Å². The third kappa shape index (κ3) is 2.38. The number of nitriles is 1. The van der Waals surface area contributed by atoms with E-state index in [4.69, 9.17) is 0 Å². The van der Waals surface area contributed by atoms with E-state index in [9.17, 15) is 10.1 Å². The molecule has 0 saturated carbocycles. The van der Waals surface area contributed by atoms with Gasteiger partial charge in [-0.2, -0.15) is 5.26 Å². The van der Waals surface area contributed by atoms with Gasteiger partial charge in [0.2, 0.25) is 0 Å². The molecule has 0 unspecified atom stereocenters. The standard InChI is InChI=1S/C12H15N3OS2/c1-9-10(18-8-14-9)11(16)15-5-3-12(7-13,17-2)4-6-15/h8H,3-6H2,1-2H3. The predicted octanol–water partition coefficient (Wildman–Crippen LogP) is 2.31. The van der Waals surface area contributed by atoms with Gasteiger partial charge in [0.1, 0.15) is 9.62 Å². The Labute approximate surface area is 115 Å². The summed E-state index contributed by atoms with van der Waals surface area (Å²) in [7, 11) is 0. The molecule has 1 aromatic heterocycles. The fourth-order valence-corrected chi connectivity index (χ4v) is 3.53. The molecular weight excluding hydrogens is 266 g/mol. The minimum Gasteiger partial charge on any atom is -0.338 e. The molecule has 0 N–H and O–H groups in total. The number of nitrogens with zero attached hydrogens (tertiary/aromatic N) is 3. The Kier molecular flexibility index (Phi) is 3.93. The third-order valence-corrected chi connectivity index (χ3v) is 5.59. The van der Waals surface area contributed by atoms with Gasteiger partial charge in [0, 0.05) is 13.1 Å². The van der Waals surface area contributed by atoms with Gasteiger partial charge in [-0.15, -0.1) is 23.1 Å². The minimum absolute atomic E-state index is 0.0580. The molecule has 0 aliphatic carbocycles. The minimum atomic E-state index is -0.306. The lowest BCUT2D eigenvalue weighted by molar-refractivity contribution is 0.0720. The summed E-state index contributed by atoms with van der Waals surface area (Å²) in [6, 6.07) is 2.39. The molecule has 0 spiro atoms. The van der Waals surface area contributed by atoms with Crippen LogP contribution in [-0.4, -0.2) is 39.9 Å². The van der Waals surface area contributed by atoms with E-state index >= 15 is 0 Å². The van der Waals surface area contributed by atoms with Crippen LogP contribution >= 0.6 is 23.1 Å². The van der Waals surface area contributed by atoms with Crippen molar-refractivity contribution in [1.82, 2.24) is 9.88 Å². The van der Waals surface area contributed by atoms with E-state index in [1.165, 1.54) is 11.3 Å². The van der Waals surface area contributed by atoms with Gasteiger partial charge >= 0.3 is 0 Å². The van der Waals surface area contributed by atoms with Crippen molar-refractivity contribution in [2.45, 2.75) is 24.5 Å². The van der Waals surface area contributed by atoms with E-state index in [1.807, 2.05) is 18.1 Å². The zero-order valence-electron chi connectivity index (χ0n) is 10.5. The molecule has 96 valence electrons. The maximum absolute atomic E-state index is 12.3. The highest BCUT2D eigenvalue weighted by molar-refractivity contribution is 8.00.